The standard InChI is InChI=1S/C17H26N4O4S.HI/c1-18-17(19-12-14-5-3-8-21(14)26(2,22)23)20-13-6-7-15-16(11-13)25-10-4-9-24-15;/h6-7,11,14H,3-5,8-10,12H2,1-2H3,(H2,18,19,20);1H/t14-;/m1./s1. The molecule has 1 fully saturated rings. The van der Waals surface area contributed by atoms with Crippen LogP contribution in [0.1, 0.15) is 19.3 Å². The minimum absolute atomic E-state index is 0. The van der Waals surface area contributed by atoms with Crippen molar-refractivity contribution in [1.82, 2.24) is 9.62 Å². The molecule has 0 aliphatic carbocycles. The molecule has 2 heterocycles. The number of benzene rings is 1. The molecule has 0 radical (unpaired) electrons. The van der Waals surface area contributed by atoms with E-state index in [1.807, 2.05) is 18.2 Å². The summed E-state index contributed by atoms with van der Waals surface area (Å²) in [4.78, 5) is 4.22. The van der Waals surface area contributed by atoms with Crippen LogP contribution in [0.3, 0.4) is 0 Å². The molecule has 0 spiro atoms. The molecule has 0 bridgehead atoms. The van der Waals surface area contributed by atoms with Crippen molar-refractivity contribution in [3.63, 3.8) is 0 Å². The molecule has 1 saturated heterocycles. The van der Waals surface area contributed by atoms with Crippen LogP contribution < -0.4 is 20.1 Å². The largest absolute Gasteiger partial charge is 0.490 e. The average Bonchev–Trinajstić information content (AvgIpc) is 2.97. The van der Waals surface area contributed by atoms with E-state index < -0.39 is 10.0 Å². The molecule has 2 N–H and O–H groups in total. The zero-order valence-electron chi connectivity index (χ0n) is 15.6. The number of rotatable bonds is 4. The number of nitrogens with zero attached hydrogens (tertiary/aromatic N) is 2. The Bertz CT molecular complexity index is 772. The van der Waals surface area contributed by atoms with Gasteiger partial charge in [-0.2, -0.15) is 4.31 Å². The highest BCUT2D eigenvalue weighted by atomic mass is 127. The maximum absolute atomic E-state index is 11.8. The molecule has 10 heteroatoms. The van der Waals surface area contributed by atoms with Crippen LogP contribution in [-0.4, -0.2) is 64.3 Å². The van der Waals surface area contributed by atoms with Gasteiger partial charge in [-0.25, -0.2) is 8.42 Å². The number of aliphatic imine (C=N–C) groups is 1. The second-order valence-corrected chi connectivity index (χ2v) is 8.39. The van der Waals surface area contributed by atoms with Gasteiger partial charge >= 0.3 is 0 Å². The van der Waals surface area contributed by atoms with Crippen LogP contribution in [0.25, 0.3) is 0 Å². The summed E-state index contributed by atoms with van der Waals surface area (Å²) in [5, 5.41) is 6.43. The van der Waals surface area contributed by atoms with Crippen LogP contribution in [0.4, 0.5) is 5.69 Å². The summed E-state index contributed by atoms with van der Waals surface area (Å²) in [6, 6.07) is 5.61. The van der Waals surface area contributed by atoms with Gasteiger partial charge in [-0.3, -0.25) is 4.99 Å². The van der Waals surface area contributed by atoms with Crippen molar-refractivity contribution in [3.05, 3.63) is 18.2 Å². The first-order valence-corrected chi connectivity index (χ1v) is 10.7. The van der Waals surface area contributed by atoms with Crippen molar-refractivity contribution in [2.75, 3.05) is 44.9 Å². The molecule has 27 heavy (non-hydrogen) atoms. The molecule has 0 amide bonds. The molecule has 3 rings (SSSR count). The van der Waals surface area contributed by atoms with Crippen LogP contribution in [0.5, 0.6) is 11.5 Å². The Morgan fingerprint density at radius 3 is 2.70 bits per heavy atom. The second kappa shape index (κ2) is 9.78. The van der Waals surface area contributed by atoms with E-state index >= 15 is 0 Å². The first-order valence-electron chi connectivity index (χ1n) is 8.81. The van der Waals surface area contributed by atoms with E-state index in [0.717, 1.165) is 30.7 Å². The first-order chi connectivity index (χ1) is 12.5. The Kier molecular flexibility index (Phi) is 7.98. The van der Waals surface area contributed by atoms with E-state index in [4.69, 9.17) is 9.47 Å². The normalized spacial score (nSPS) is 20.5. The Labute approximate surface area is 177 Å². The highest BCUT2D eigenvalue weighted by molar-refractivity contribution is 14.0. The quantitative estimate of drug-likeness (QED) is 0.365. The summed E-state index contributed by atoms with van der Waals surface area (Å²) in [6.45, 7) is 2.38. The number of fused-ring (bicyclic) bond motifs is 1. The van der Waals surface area contributed by atoms with Crippen molar-refractivity contribution in [2.45, 2.75) is 25.3 Å². The lowest BCUT2D eigenvalue weighted by Gasteiger charge is -2.23. The van der Waals surface area contributed by atoms with E-state index in [0.29, 0.717) is 38.0 Å². The number of guanidine groups is 1. The third kappa shape index (κ3) is 5.85. The number of hydrogen-bond donors (Lipinski definition) is 2. The number of ether oxygens (including phenoxy) is 2. The molecule has 1 aromatic carbocycles. The summed E-state index contributed by atoms with van der Waals surface area (Å²) in [5.74, 6) is 2.03. The zero-order valence-corrected chi connectivity index (χ0v) is 18.7. The fourth-order valence-electron chi connectivity index (χ4n) is 3.22. The minimum atomic E-state index is -3.18. The van der Waals surface area contributed by atoms with Crippen molar-refractivity contribution in [1.29, 1.82) is 0 Å². The van der Waals surface area contributed by atoms with Gasteiger partial charge in [0.1, 0.15) is 0 Å². The van der Waals surface area contributed by atoms with Gasteiger partial charge in [0.15, 0.2) is 17.5 Å². The SMILES string of the molecule is CN=C(NC[C@H]1CCCN1S(C)(=O)=O)Nc1ccc2c(c1)OCCCO2.I. The molecule has 0 unspecified atom stereocenters. The lowest BCUT2D eigenvalue weighted by molar-refractivity contribution is 0.297. The molecule has 2 aliphatic rings. The van der Waals surface area contributed by atoms with Gasteiger partial charge in [0, 0.05) is 44.4 Å². The molecular weight excluding hydrogens is 483 g/mol. The smallest absolute Gasteiger partial charge is 0.211 e. The van der Waals surface area contributed by atoms with Crippen molar-refractivity contribution in [2.24, 2.45) is 4.99 Å². The van der Waals surface area contributed by atoms with E-state index in [9.17, 15) is 8.42 Å². The van der Waals surface area contributed by atoms with Crippen LogP contribution >= 0.6 is 24.0 Å². The molecule has 8 nitrogen and oxygen atoms in total. The van der Waals surface area contributed by atoms with Gasteiger partial charge in [0.05, 0.1) is 19.5 Å². The number of anilines is 1. The van der Waals surface area contributed by atoms with Crippen molar-refractivity contribution >= 4 is 45.6 Å². The number of halogens is 1. The minimum Gasteiger partial charge on any atom is -0.490 e. The molecular formula is C17H27IN4O4S. The number of hydrogen-bond acceptors (Lipinski definition) is 5. The molecule has 0 saturated carbocycles. The fraction of sp³-hybridized carbons (Fsp3) is 0.588. The first kappa shape index (κ1) is 22.0. The van der Waals surface area contributed by atoms with E-state index in [-0.39, 0.29) is 30.0 Å². The maximum atomic E-state index is 11.8. The Morgan fingerprint density at radius 2 is 2.00 bits per heavy atom. The van der Waals surface area contributed by atoms with Crippen LogP contribution in [-0.2, 0) is 10.0 Å². The molecule has 1 aromatic rings. The van der Waals surface area contributed by atoms with Gasteiger partial charge < -0.3 is 20.1 Å². The number of nitrogens with one attached hydrogen (secondary N) is 2. The average molecular weight is 510 g/mol. The predicted octanol–water partition coefficient (Wildman–Crippen LogP) is 1.88. The summed E-state index contributed by atoms with van der Waals surface area (Å²) in [6.07, 6.45) is 3.85. The summed E-state index contributed by atoms with van der Waals surface area (Å²) < 4.78 is 36.6. The Balaban J connectivity index is 0.00000261. The highest BCUT2D eigenvalue weighted by Crippen LogP contribution is 2.32. The van der Waals surface area contributed by atoms with Gasteiger partial charge in [-0.1, -0.05) is 0 Å². The molecule has 0 aromatic heterocycles. The number of sulfonamides is 1. The predicted molar refractivity (Wildman–Crippen MR) is 117 cm³/mol. The Morgan fingerprint density at radius 1 is 1.26 bits per heavy atom. The zero-order chi connectivity index (χ0) is 18.6. The van der Waals surface area contributed by atoms with Crippen LogP contribution in [0, 0.1) is 0 Å². The lowest BCUT2D eigenvalue weighted by Crippen LogP contribution is -2.44. The summed E-state index contributed by atoms with van der Waals surface area (Å²) in [5.41, 5.74) is 0.828. The fourth-order valence-corrected chi connectivity index (χ4v) is 4.40. The molecule has 152 valence electrons. The van der Waals surface area contributed by atoms with Crippen molar-refractivity contribution < 1.29 is 17.9 Å². The second-order valence-electron chi connectivity index (χ2n) is 6.46. The third-order valence-electron chi connectivity index (χ3n) is 4.49. The molecule has 1 atom stereocenters. The third-order valence-corrected chi connectivity index (χ3v) is 5.82. The Hall–Kier alpha value is -1.27. The maximum Gasteiger partial charge on any atom is 0.211 e. The molecule has 2 aliphatic heterocycles. The van der Waals surface area contributed by atoms with Crippen LogP contribution in [0.15, 0.2) is 23.2 Å². The topological polar surface area (TPSA) is 92.3 Å². The van der Waals surface area contributed by atoms with Gasteiger partial charge in [-0.05, 0) is 25.0 Å². The highest BCUT2D eigenvalue weighted by Gasteiger charge is 2.31. The lowest BCUT2D eigenvalue weighted by atomic mass is 10.2. The van der Waals surface area contributed by atoms with Gasteiger partial charge in [0.25, 0.3) is 0 Å². The monoisotopic (exact) mass is 510 g/mol. The van der Waals surface area contributed by atoms with E-state index in [1.165, 1.54) is 6.26 Å². The summed E-state index contributed by atoms with van der Waals surface area (Å²) >= 11 is 0. The van der Waals surface area contributed by atoms with Crippen molar-refractivity contribution in [3.8, 4) is 11.5 Å². The van der Waals surface area contributed by atoms with E-state index in [1.54, 1.807) is 11.4 Å². The van der Waals surface area contributed by atoms with Gasteiger partial charge in [0.2, 0.25) is 10.0 Å². The van der Waals surface area contributed by atoms with E-state index in [2.05, 4.69) is 15.6 Å². The van der Waals surface area contributed by atoms with Crippen LogP contribution in [0.2, 0.25) is 0 Å². The van der Waals surface area contributed by atoms with Gasteiger partial charge in [-0.15, -0.1) is 24.0 Å². The summed E-state index contributed by atoms with van der Waals surface area (Å²) in [7, 11) is -1.49.